The second kappa shape index (κ2) is 6.05. The molecule has 0 aromatic carbocycles. The van der Waals surface area contributed by atoms with E-state index in [0.29, 0.717) is 19.7 Å². The molecule has 0 saturated carbocycles. The molecule has 2 fully saturated rings. The molecule has 2 aliphatic rings. The minimum Gasteiger partial charge on any atom is -0.348 e. The van der Waals surface area contributed by atoms with Gasteiger partial charge in [0.05, 0.1) is 12.7 Å². The van der Waals surface area contributed by atoms with Gasteiger partial charge in [0.1, 0.15) is 0 Å². The first-order valence-electron chi connectivity index (χ1n) is 6.96. The summed E-state index contributed by atoms with van der Waals surface area (Å²) in [6.07, 6.45) is 3.89. The van der Waals surface area contributed by atoms with Crippen LogP contribution in [0, 0.1) is 0 Å². The molecule has 7 heteroatoms. The van der Waals surface area contributed by atoms with E-state index in [-0.39, 0.29) is 12.6 Å². The predicted octanol–water partition coefficient (Wildman–Crippen LogP) is 0.848. The van der Waals surface area contributed by atoms with Crippen molar-refractivity contribution in [3.63, 3.8) is 0 Å². The highest BCUT2D eigenvalue weighted by atomic mass is 32.2. The smallest absolute Gasteiger partial charge is 0.279 e. The third-order valence-electron chi connectivity index (χ3n) is 3.47. The molecule has 2 saturated heterocycles. The van der Waals surface area contributed by atoms with E-state index in [0.717, 1.165) is 25.7 Å². The molecular formula is C12H24N2O4S. The largest absolute Gasteiger partial charge is 0.348 e. The Labute approximate surface area is 115 Å². The zero-order valence-electron chi connectivity index (χ0n) is 11.7. The van der Waals surface area contributed by atoms with Crippen LogP contribution in [-0.4, -0.2) is 50.9 Å². The summed E-state index contributed by atoms with van der Waals surface area (Å²) in [5.74, 6) is -0.612. The fraction of sp³-hybridized carbons (Fsp3) is 1.00. The van der Waals surface area contributed by atoms with E-state index >= 15 is 0 Å². The highest BCUT2D eigenvalue weighted by Gasteiger charge is 2.33. The van der Waals surface area contributed by atoms with E-state index in [1.807, 2.05) is 13.8 Å². The van der Waals surface area contributed by atoms with Gasteiger partial charge in [0.15, 0.2) is 5.79 Å². The summed E-state index contributed by atoms with van der Waals surface area (Å²) in [6, 6.07) is 0. The van der Waals surface area contributed by atoms with Crippen LogP contribution in [0.2, 0.25) is 0 Å². The Bertz CT molecular complexity index is 389. The van der Waals surface area contributed by atoms with Crippen molar-refractivity contribution in [3.8, 4) is 0 Å². The number of nitrogens with one attached hydrogen (secondary N) is 1. The fourth-order valence-electron chi connectivity index (χ4n) is 2.44. The van der Waals surface area contributed by atoms with Gasteiger partial charge >= 0.3 is 0 Å². The average Bonchev–Trinajstić information content (AvgIpc) is 2.57. The van der Waals surface area contributed by atoms with Crippen LogP contribution in [0.5, 0.6) is 0 Å². The molecule has 1 unspecified atom stereocenters. The number of ether oxygens (including phenoxy) is 2. The van der Waals surface area contributed by atoms with Crippen molar-refractivity contribution in [2.24, 2.45) is 0 Å². The number of rotatable bonds is 4. The quantitative estimate of drug-likeness (QED) is 0.834. The summed E-state index contributed by atoms with van der Waals surface area (Å²) in [7, 11) is -3.38. The molecule has 1 atom stereocenters. The van der Waals surface area contributed by atoms with Crippen molar-refractivity contribution in [1.29, 1.82) is 0 Å². The van der Waals surface area contributed by atoms with E-state index in [1.165, 1.54) is 0 Å². The van der Waals surface area contributed by atoms with Gasteiger partial charge in [0.2, 0.25) is 0 Å². The molecule has 0 aromatic heterocycles. The van der Waals surface area contributed by atoms with Gasteiger partial charge in [0, 0.05) is 19.6 Å². The summed E-state index contributed by atoms with van der Waals surface area (Å²) in [5.41, 5.74) is 0. The van der Waals surface area contributed by atoms with Crippen LogP contribution in [0.15, 0.2) is 0 Å². The Balaban J connectivity index is 1.83. The normalized spacial score (nSPS) is 29.3. The molecule has 0 aliphatic carbocycles. The zero-order chi connectivity index (χ0) is 13.9. The lowest BCUT2D eigenvalue weighted by molar-refractivity contribution is -0.137. The maximum absolute atomic E-state index is 12.2. The topological polar surface area (TPSA) is 67.9 Å². The fourth-order valence-corrected chi connectivity index (χ4v) is 3.75. The highest BCUT2D eigenvalue weighted by molar-refractivity contribution is 7.87. The van der Waals surface area contributed by atoms with E-state index < -0.39 is 16.0 Å². The van der Waals surface area contributed by atoms with Gasteiger partial charge in [-0.2, -0.15) is 17.4 Å². The van der Waals surface area contributed by atoms with Crippen LogP contribution >= 0.6 is 0 Å². The van der Waals surface area contributed by atoms with E-state index in [9.17, 15) is 8.42 Å². The highest BCUT2D eigenvalue weighted by Crippen LogP contribution is 2.22. The number of nitrogens with zero attached hydrogens (tertiary/aromatic N) is 1. The maximum Gasteiger partial charge on any atom is 0.279 e. The maximum atomic E-state index is 12.2. The van der Waals surface area contributed by atoms with E-state index in [1.54, 1.807) is 4.31 Å². The molecule has 2 rings (SSSR count). The van der Waals surface area contributed by atoms with Gasteiger partial charge in [0.25, 0.3) is 10.2 Å². The van der Waals surface area contributed by atoms with Gasteiger partial charge in [-0.3, -0.25) is 0 Å². The number of hydrogen-bond acceptors (Lipinski definition) is 4. The minimum atomic E-state index is -3.38. The lowest BCUT2D eigenvalue weighted by atomic mass is 10.2. The molecule has 19 heavy (non-hydrogen) atoms. The van der Waals surface area contributed by atoms with Crippen LogP contribution in [-0.2, 0) is 19.7 Å². The predicted molar refractivity (Wildman–Crippen MR) is 71.9 cm³/mol. The van der Waals surface area contributed by atoms with Crippen molar-refractivity contribution < 1.29 is 17.9 Å². The third kappa shape index (κ3) is 4.39. The van der Waals surface area contributed by atoms with Crippen LogP contribution in [0.4, 0.5) is 0 Å². The lowest BCUT2D eigenvalue weighted by Gasteiger charge is -2.22. The standard InChI is InChI=1S/C12H24N2O4S/c1-12(2)17-10-11(18-12)9-13-19(15,16)14-7-5-3-4-6-8-14/h11,13H,3-10H2,1-2H3. The molecule has 0 radical (unpaired) electrons. The van der Waals surface area contributed by atoms with Crippen LogP contribution in [0.25, 0.3) is 0 Å². The summed E-state index contributed by atoms with van der Waals surface area (Å²) in [4.78, 5) is 0. The Morgan fingerprint density at radius 3 is 2.37 bits per heavy atom. The Morgan fingerprint density at radius 2 is 1.84 bits per heavy atom. The summed E-state index contributed by atoms with van der Waals surface area (Å²) >= 11 is 0. The minimum absolute atomic E-state index is 0.211. The first-order chi connectivity index (χ1) is 8.89. The van der Waals surface area contributed by atoms with Gasteiger partial charge in [-0.15, -0.1) is 0 Å². The molecule has 0 spiro atoms. The Hall–Kier alpha value is -0.210. The van der Waals surface area contributed by atoms with Crippen molar-refractivity contribution in [2.45, 2.75) is 51.4 Å². The van der Waals surface area contributed by atoms with Gasteiger partial charge in [-0.05, 0) is 26.7 Å². The van der Waals surface area contributed by atoms with Crippen molar-refractivity contribution in [3.05, 3.63) is 0 Å². The molecule has 112 valence electrons. The summed E-state index contributed by atoms with van der Waals surface area (Å²) < 4.78 is 39.5. The van der Waals surface area contributed by atoms with Crippen molar-refractivity contribution in [2.75, 3.05) is 26.2 Å². The van der Waals surface area contributed by atoms with Gasteiger partial charge in [-0.25, -0.2) is 0 Å². The molecule has 0 bridgehead atoms. The molecule has 0 amide bonds. The van der Waals surface area contributed by atoms with Gasteiger partial charge < -0.3 is 9.47 Å². The average molecular weight is 292 g/mol. The summed E-state index contributed by atoms with van der Waals surface area (Å²) in [5, 5.41) is 0. The first kappa shape index (κ1) is 15.2. The van der Waals surface area contributed by atoms with Crippen LogP contribution in [0.1, 0.15) is 39.5 Å². The molecular weight excluding hydrogens is 268 g/mol. The molecule has 6 nitrogen and oxygen atoms in total. The second-order valence-corrected chi connectivity index (χ2v) is 7.37. The summed E-state index contributed by atoms with van der Waals surface area (Å²) in [6.45, 7) is 5.58. The van der Waals surface area contributed by atoms with Crippen LogP contribution in [0.3, 0.4) is 0 Å². The van der Waals surface area contributed by atoms with E-state index in [4.69, 9.17) is 9.47 Å². The second-order valence-electron chi connectivity index (χ2n) is 5.62. The molecule has 0 aromatic rings. The van der Waals surface area contributed by atoms with Crippen LogP contribution < -0.4 is 4.72 Å². The monoisotopic (exact) mass is 292 g/mol. The van der Waals surface area contributed by atoms with Crippen molar-refractivity contribution in [1.82, 2.24) is 9.03 Å². The lowest BCUT2D eigenvalue weighted by Crippen LogP contribution is -2.44. The molecule has 1 N–H and O–H groups in total. The first-order valence-corrected chi connectivity index (χ1v) is 8.40. The van der Waals surface area contributed by atoms with Gasteiger partial charge in [-0.1, -0.05) is 12.8 Å². The number of hydrogen-bond donors (Lipinski definition) is 1. The SMILES string of the molecule is CC1(C)OCC(CNS(=O)(=O)N2CCCCCC2)O1. The zero-order valence-corrected chi connectivity index (χ0v) is 12.5. The molecule has 2 aliphatic heterocycles. The third-order valence-corrected chi connectivity index (χ3v) is 5.04. The molecule has 2 heterocycles. The Kier molecular flexibility index (Phi) is 4.84. The van der Waals surface area contributed by atoms with E-state index in [2.05, 4.69) is 4.72 Å². The van der Waals surface area contributed by atoms with Crippen molar-refractivity contribution >= 4 is 10.2 Å². The Morgan fingerprint density at radius 1 is 1.21 bits per heavy atom.